The Morgan fingerprint density at radius 1 is 1.32 bits per heavy atom. The molecule has 122 valence electrons. The minimum atomic E-state index is -1.22. The number of hydrogen-bond acceptors (Lipinski definition) is 3. The molecule has 0 saturated heterocycles. The van der Waals surface area contributed by atoms with Crippen LogP contribution >= 0.6 is 0 Å². The van der Waals surface area contributed by atoms with Crippen molar-refractivity contribution in [3.63, 3.8) is 0 Å². The van der Waals surface area contributed by atoms with E-state index < -0.39 is 35.2 Å². The summed E-state index contributed by atoms with van der Waals surface area (Å²) < 4.78 is 31.6. The highest BCUT2D eigenvalue weighted by molar-refractivity contribution is 5.73. The smallest absolute Gasteiger partial charge is 0.407 e. The molecule has 0 fully saturated rings. The van der Waals surface area contributed by atoms with Crippen molar-refractivity contribution in [3.05, 3.63) is 35.4 Å². The molecule has 1 atom stereocenters. The molecule has 0 saturated carbocycles. The van der Waals surface area contributed by atoms with Crippen LogP contribution in [0.2, 0.25) is 0 Å². The standard InChI is InChI=1S/C15H19F2NO4/c1-15(2,3)22-14(21)18-8-10(13(19)20)6-9-7-11(16)4-5-12(9)17/h4-5,7,10H,6,8H2,1-3H3,(H,18,21)(H,19,20)/t10-/m0/s1. The zero-order valence-corrected chi connectivity index (χ0v) is 12.7. The summed E-state index contributed by atoms with van der Waals surface area (Å²) in [5.74, 6) is -3.66. The predicted octanol–water partition coefficient (Wildman–Crippen LogP) is 2.73. The molecule has 22 heavy (non-hydrogen) atoms. The van der Waals surface area contributed by atoms with Gasteiger partial charge in [-0.3, -0.25) is 4.79 Å². The van der Waals surface area contributed by atoms with Gasteiger partial charge in [0.2, 0.25) is 0 Å². The lowest BCUT2D eigenvalue weighted by molar-refractivity contribution is -0.141. The fraction of sp³-hybridized carbons (Fsp3) is 0.467. The van der Waals surface area contributed by atoms with Gasteiger partial charge in [-0.1, -0.05) is 0 Å². The lowest BCUT2D eigenvalue weighted by Gasteiger charge is -2.21. The van der Waals surface area contributed by atoms with Gasteiger partial charge in [-0.05, 0) is 51.0 Å². The first-order chi connectivity index (χ1) is 10.1. The highest BCUT2D eigenvalue weighted by Gasteiger charge is 2.23. The van der Waals surface area contributed by atoms with Crippen molar-refractivity contribution < 1.29 is 28.2 Å². The zero-order valence-electron chi connectivity index (χ0n) is 12.7. The Bertz CT molecular complexity index is 555. The van der Waals surface area contributed by atoms with Crippen LogP contribution in [0.4, 0.5) is 13.6 Å². The van der Waals surface area contributed by atoms with Gasteiger partial charge in [0.25, 0.3) is 0 Å². The Morgan fingerprint density at radius 2 is 1.95 bits per heavy atom. The van der Waals surface area contributed by atoms with Gasteiger partial charge in [-0.25, -0.2) is 13.6 Å². The topological polar surface area (TPSA) is 75.6 Å². The van der Waals surface area contributed by atoms with E-state index in [4.69, 9.17) is 9.84 Å². The number of rotatable bonds is 5. The lowest BCUT2D eigenvalue weighted by Crippen LogP contribution is -2.38. The van der Waals surface area contributed by atoms with E-state index in [-0.39, 0.29) is 18.5 Å². The first-order valence-electron chi connectivity index (χ1n) is 6.72. The number of nitrogens with one attached hydrogen (secondary N) is 1. The van der Waals surface area contributed by atoms with Gasteiger partial charge in [0, 0.05) is 6.54 Å². The van der Waals surface area contributed by atoms with E-state index in [0.29, 0.717) is 0 Å². The molecule has 0 aliphatic heterocycles. The first kappa shape index (κ1) is 17.9. The number of halogens is 2. The van der Waals surface area contributed by atoms with Gasteiger partial charge in [-0.2, -0.15) is 0 Å². The number of hydrogen-bond donors (Lipinski definition) is 2. The molecule has 1 aromatic rings. The minimum absolute atomic E-state index is 0.0570. The third kappa shape index (κ3) is 6.07. The van der Waals surface area contributed by atoms with Crippen LogP contribution in [0.15, 0.2) is 18.2 Å². The van der Waals surface area contributed by atoms with Crippen LogP contribution in [-0.4, -0.2) is 29.3 Å². The van der Waals surface area contributed by atoms with E-state index >= 15 is 0 Å². The largest absolute Gasteiger partial charge is 0.481 e. The molecular weight excluding hydrogens is 296 g/mol. The zero-order chi connectivity index (χ0) is 16.9. The number of carboxylic acids is 1. The summed E-state index contributed by atoms with van der Waals surface area (Å²) in [6, 6.07) is 2.83. The van der Waals surface area contributed by atoms with Crippen LogP contribution in [0, 0.1) is 17.6 Å². The Morgan fingerprint density at radius 3 is 2.50 bits per heavy atom. The van der Waals surface area contributed by atoms with Gasteiger partial charge in [-0.15, -0.1) is 0 Å². The van der Waals surface area contributed by atoms with Crippen molar-refractivity contribution in [2.75, 3.05) is 6.54 Å². The average molecular weight is 315 g/mol. The van der Waals surface area contributed by atoms with Crippen LogP contribution in [-0.2, 0) is 16.0 Å². The van der Waals surface area contributed by atoms with Crippen molar-refractivity contribution in [2.24, 2.45) is 5.92 Å². The van der Waals surface area contributed by atoms with Crippen molar-refractivity contribution in [1.29, 1.82) is 0 Å². The SMILES string of the molecule is CC(C)(C)OC(=O)NC[C@H](Cc1cc(F)ccc1F)C(=O)O. The number of carbonyl (C=O) groups excluding carboxylic acids is 1. The summed E-state index contributed by atoms with van der Waals surface area (Å²) in [6.07, 6.45) is -1.01. The second-order valence-corrected chi connectivity index (χ2v) is 5.86. The molecule has 5 nitrogen and oxygen atoms in total. The van der Waals surface area contributed by atoms with E-state index in [1.807, 2.05) is 0 Å². The number of aliphatic carboxylic acids is 1. The van der Waals surface area contributed by atoms with Crippen LogP contribution in [0.3, 0.4) is 0 Å². The fourth-order valence-corrected chi connectivity index (χ4v) is 1.73. The molecule has 0 aliphatic carbocycles. The second-order valence-electron chi connectivity index (χ2n) is 5.86. The number of carboxylic acid groups (broad SMARTS) is 1. The fourth-order valence-electron chi connectivity index (χ4n) is 1.73. The molecule has 0 bridgehead atoms. The van der Waals surface area contributed by atoms with E-state index in [9.17, 15) is 18.4 Å². The van der Waals surface area contributed by atoms with Crippen LogP contribution in [0.25, 0.3) is 0 Å². The molecule has 1 aromatic carbocycles. The van der Waals surface area contributed by atoms with Gasteiger partial charge >= 0.3 is 12.1 Å². The molecule has 0 heterocycles. The summed E-state index contributed by atoms with van der Waals surface area (Å²) in [7, 11) is 0. The summed E-state index contributed by atoms with van der Waals surface area (Å²) in [6.45, 7) is 4.76. The Labute approximate surface area is 127 Å². The molecule has 1 rings (SSSR count). The minimum Gasteiger partial charge on any atom is -0.481 e. The average Bonchev–Trinajstić information content (AvgIpc) is 2.36. The highest BCUT2D eigenvalue weighted by Crippen LogP contribution is 2.15. The molecule has 0 spiro atoms. The Balaban J connectivity index is 2.69. The van der Waals surface area contributed by atoms with Crippen molar-refractivity contribution in [3.8, 4) is 0 Å². The highest BCUT2D eigenvalue weighted by atomic mass is 19.1. The van der Waals surface area contributed by atoms with E-state index in [1.54, 1.807) is 20.8 Å². The number of amides is 1. The van der Waals surface area contributed by atoms with Gasteiger partial charge in [0.05, 0.1) is 5.92 Å². The van der Waals surface area contributed by atoms with Gasteiger partial charge < -0.3 is 15.2 Å². The van der Waals surface area contributed by atoms with E-state index in [2.05, 4.69) is 5.32 Å². The monoisotopic (exact) mass is 315 g/mol. The predicted molar refractivity (Wildman–Crippen MR) is 75.4 cm³/mol. The molecular formula is C15H19F2NO4. The van der Waals surface area contributed by atoms with Crippen molar-refractivity contribution in [1.82, 2.24) is 5.32 Å². The molecule has 7 heteroatoms. The molecule has 2 N–H and O–H groups in total. The first-order valence-corrected chi connectivity index (χ1v) is 6.72. The molecule has 0 aliphatic rings. The Hall–Kier alpha value is -2.18. The quantitative estimate of drug-likeness (QED) is 0.876. The molecule has 0 radical (unpaired) electrons. The third-order valence-corrected chi connectivity index (χ3v) is 2.72. The number of alkyl carbamates (subject to hydrolysis) is 1. The second kappa shape index (κ2) is 7.20. The van der Waals surface area contributed by atoms with Crippen molar-refractivity contribution >= 4 is 12.1 Å². The number of ether oxygens (including phenoxy) is 1. The van der Waals surface area contributed by atoms with E-state index in [1.165, 1.54) is 0 Å². The van der Waals surface area contributed by atoms with Crippen LogP contribution < -0.4 is 5.32 Å². The lowest BCUT2D eigenvalue weighted by atomic mass is 9.99. The number of carbonyl (C=O) groups is 2. The summed E-state index contributed by atoms with van der Waals surface area (Å²) in [4.78, 5) is 22.7. The Kier molecular flexibility index (Phi) is 5.84. The summed E-state index contributed by atoms with van der Waals surface area (Å²) in [5, 5.41) is 11.4. The maximum Gasteiger partial charge on any atom is 0.407 e. The van der Waals surface area contributed by atoms with Gasteiger partial charge in [0.1, 0.15) is 17.2 Å². The van der Waals surface area contributed by atoms with Crippen molar-refractivity contribution in [2.45, 2.75) is 32.8 Å². The molecule has 0 unspecified atom stereocenters. The van der Waals surface area contributed by atoms with Crippen LogP contribution in [0.1, 0.15) is 26.3 Å². The third-order valence-electron chi connectivity index (χ3n) is 2.72. The van der Waals surface area contributed by atoms with E-state index in [0.717, 1.165) is 18.2 Å². The number of benzene rings is 1. The molecule has 0 aromatic heterocycles. The van der Waals surface area contributed by atoms with Gasteiger partial charge in [0.15, 0.2) is 0 Å². The van der Waals surface area contributed by atoms with Crippen LogP contribution in [0.5, 0.6) is 0 Å². The molecule has 1 amide bonds. The summed E-state index contributed by atoms with van der Waals surface area (Å²) >= 11 is 0. The maximum atomic E-state index is 13.5. The normalized spacial score (nSPS) is 12.6. The summed E-state index contributed by atoms with van der Waals surface area (Å²) in [5.41, 5.74) is -0.768. The maximum absolute atomic E-state index is 13.5.